The van der Waals surface area contributed by atoms with Crippen molar-refractivity contribution in [2.45, 2.75) is 300 Å². The van der Waals surface area contributed by atoms with Crippen molar-refractivity contribution in [1.82, 2.24) is 83.0 Å². The van der Waals surface area contributed by atoms with Gasteiger partial charge in [0.05, 0.1) is 51.2 Å². The molecule has 16 rings (SSSR count). The summed E-state index contributed by atoms with van der Waals surface area (Å²) in [7, 11) is 0. The summed E-state index contributed by atoms with van der Waals surface area (Å²) >= 11 is 6.03. The van der Waals surface area contributed by atoms with Crippen LogP contribution in [0.4, 0.5) is 57.0 Å². The summed E-state index contributed by atoms with van der Waals surface area (Å²) in [5, 5.41) is 45.6. The van der Waals surface area contributed by atoms with Gasteiger partial charge >= 0.3 is 18.5 Å². The van der Waals surface area contributed by atoms with Gasteiger partial charge in [-0.15, -0.1) is 0 Å². The maximum atomic E-state index is 12.3. The van der Waals surface area contributed by atoms with Gasteiger partial charge in [0, 0.05) is 39.4 Å². The van der Waals surface area contributed by atoms with Crippen molar-refractivity contribution in [3.63, 3.8) is 0 Å². The summed E-state index contributed by atoms with van der Waals surface area (Å²) in [6, 6.07) is 0. The van der Waals surface area contributed by atoms with Crippen molar-refractivity contribution in [1.29, 1.82) is 0 Å². The van der Waals surface area contributed by atoms with Crippen LogP contribution in [-0.4, -0.2) is 308 Å². The molecule has 4 unspecified atom stereocenters. The Balaban J connectivity index is 0.000000173. The zero-order valence-electron chi connectivity index (χ0n) is 75.1. The molecule has 8 aromatic heterocycles. The number of unbranched alkanes of at least 4 members (excludes halogenated alkanes) is 5. The Kier molecular flexibility index (Phi) is 36.3. The zero-order chi connectivity index (χ0) is 96.6. The molecule has 0 amide bonds. The first kappa shape index (κ1) is 105. The number of hydrogen-bond donors (Lipinski definition) is 8. The second-order valence-corrected chi connectivity index (χ2v) is 33.5. The molecular weight excluding hydrogens is 1790 g/mol. The van der Waals surface area contributed by atoms with E-state index in [1.165, 1.54) is 44.9 Å². The zero-order valence-corrected chi connectivity index (χ0v) is 75.8. The molecule has 0 spiro atoms. The summed E-state index contributed by atoms with van der Waals surface area (Å²) in [6.45, 7) is 29.0. The van der Waals surface area contributed by atoms with E-state index < -0.39 is 127 Å². The number of ketones is 3. The molecule has 16 atom stereocenters. The normalized spacial score (nSPS) is 26.1. The van der Waals surface area contributed by atoms with Gasteiger partial charge < -0.3 is 104 Å². The molecule has 0 saturated carbocycles. The van der Waals surface area contributed by atoms with Gasteiger partial charge in [-0.05, 0) is 127 Å². The van der Waals surface area contributed by atoms with Crippen LogP contribution in [0.15, 0.2) is 50.6 Å². The number of Topliss-reactive ketones (excluding diaryl/α,β-unsaturated/α-hetero) is 3. The number of halogens is 10. The van der Waals surface area contributed by atoms with Gasteiger partial charge in [0.25, 0.3) is 6.47 Å². The Morgan fingerprint density at radius 1 is 0.424 bits per heavy atom. The summed E-state index contributed by atoms with van der Waals surface area (Å²) in [6.07, 6.45) is -4.32. The average Bonchev–Trinajstić information content (AvgIpc) is 1.60. The number of carbonyl (C=O) groups excluding carboxylic acids is 3. The van der Waals surface area contributed by atoms with Gasteiger partial charge in [0.2, 0.25) is 17.3 Å². The van der Waals surface area contributed by atoms with Crippen LogP contribution in [0.5, 0.6) is 0 Å². The number of nitrogens with zero attached hydrogens (tertiary/aromatic N) is 17. The standard InChI is InChI=1S/C21H28F3N5O4.C20H26F3N5O5.C17H26N6O4.C13H15ClN4O4.C6H15N.C3H3F3O.CH2O2/c1-4-12-15-16(33-20(2,3)32-15)19(31-12)29-11-28-14-17(26-10-27-18(14)29)25-9-7-5-6-8-13(30)21(22,23)24;1-19(2)32-14-11(8-29)31-18(15(14)33-19)28-10-27-13-16(25-9-26-17(13)28)24-7-5-3-4-6-12(30)20(21,22)23;1-17(2)26-12-10(7-24)25-16(13(12)27-17)23-9-22-11-14(19-6-4-3-5-18)20-8-21-15(11)23;1-13(2)21-8-6(3-19)20-12(9(8)22-13)18-5-17-7-10(14)15-4-16-11(7)18;1-4-7(5-2)6-3;1-2(7)3(4,5)6;2-1-3/h10-12,15-16,19H,4-9H2,1-3H3,(H,25,26,27);9-11,14-15,18,29H,3-8H2,1-2H3,(H,24,25,26);8-10,12-13,16,24H,3-7,18H2,1-2H3,(H,19,20,21);4-6,8-9,12,19H,3H2,1-2H3;4-6H2,1-3H3;1H3;1H,(H,2,3)/t12-,15?,16+,19-;11-,14?,15+,18-;10-,12?,13+,16-;6-,8?,9+,12-;;;/m1111.../s1. The van der Waals surface area contributed by atoms with Crippen molar-refractivity contribution in [3.8, 4) is 0 Å². The van der Waals surface area contributed by atoms with Crippen LogP contribution in [-0.2, 0) is 76.0 Å². The van der Waals surface area contributed by atoms with Gasteiger partial charge in [-0.25, -0.2) is 59.8 Å². The Morgan fingerprint density at radius 2 is 0.689 bits per heavy atom. The van der Waals surface area contributed by atoms with Gasteiger partial charge in [-0.3, -0.25) is 37.4 Å². The number of fused-ring (bicyclic) bond motifs is 8. The van der Waals surface area contributed by atoms with E-state index in [4.69, 9.17) is 84.1 Å². The number of rotatable bonds is 30. The predicted octanol–water partition coefficient (Wildman–Crippen LogP) is 9.56. The molecule has 9 N–H and O–H groups in total. The molecule has 0 radical (unpaired) electrons. The summed E-state index contributed by atoms with van der Waals surface area (Å²) in [4.78, 5) is 93.4. The minimum absolute atomic E-state index is 0.108. The van der Waals surface area contributed by atoms with Crippen molar-refractivity contribution in [2.24, 2.45) is 5.73 Å². The minimum atomic E-state index is -4.77. The number of aliphatic hydroxyl groups excluding tert-OH is 3. The lowest BCUT2D eigenvalue weighted by atomic mass is 10.1. The van der Waals surface area contributed by atoms with E-state index >= 15 is 0 Å². The van der Waals surface area contributed by atoms with Crippen LogP contribution in [0.2, 0.25) is 5.15 Å². The van der Waals surface area contributed by atoms with E-state index in [0.717, 1.165) is 25.8 Å². The number of alkyl halides is 9. The van der Waals surface area contributed by atoms with Crippen molar-refractivity contribution < 1.29 is 136 Å². The lowest BCUT2D eigenvalue weighted by Gasteiger charge is -2.24. The largest absolute Gasteiger partial charge is 0.483 e. The first-order chi connectivity index (χ1) is 62.4. The average molecular weight is 1910 g/mol. The van der Waals surface area contributed by atoms with Crippen molar-refractivity contribution in [2.75, 3.05) is 81.6 Å². The highest BCUT2D eigenvalue weighted by Gasteiger charge is 2.60. The Bertz CT molecular complexity index is 4910. The molecule has 8 aromatic rings. The summed E-state index contributed by atoms with van der Waals surface area (Å²) < 4.78 is 185. The van der Waals surface area contributed by atoms with Crippen LogP contribution < -0.4 is 21.7 Å². The SMILES string of the molecule is CC(=O)C(F)(F)F.CC1(C)OC2[C@@H](CO)O[C@@H](n3cnc4c(Cl)ncnc43)[C@H]2O1.CC1(C)OC2[C@@H](CO)O[C@@H](n3cnc4c(NCCCCCC(=O)C(F)(F)F)ncnc43)[C@H]2O1.CC1(C)OC2[C@@H](CO)O[C@@H](n3cnc4c(NCCCCN)ncnc43)[C@H]2O1.CCN(CC)CC.CC[C@H]1O[C@@H](n2cnc3c(NCCCCCC(=O)C(F)(F)F)ncnc32)[C@H]2OC(C)(C)OC12.O=CO. The highest BCUT2D eigenvalue weighted by molar-refractivity contribution is 6.33. The second kappa shape index (κ2) is 45.6. The number of aliphatic hydroxyl groups is 3. The highest BCUT2D eigenvalue weighted by atomic mass is 35.5. The number of carboxylic acid groups (broad SMARTS) is 1. The molecule has 0 aliphatic carbocycles. The fraction of sp³-hybridized carbons (Fsp3) is 0.704. The van der Waals surface area contributed by atoms with E-state index in [1.807, 2.05) is 57.6 Å². The first-order valence-corrected chi connectivity index (χ1v) is 43.6. The third-order valence-electron chi connectivity index (χ3n) is 22.0. The molecule has 0 aromatic carbocycles. The van der Waals surface area contributed by atoms with Gasteiger partial charge in [0.15, 0.2) is 110 Å². The Labute approximate surface area is 757 Å². The fourth-order valence-electron chi connectivity index (χ4n) is 15.8. The maximum Gasteiger partial charge on any atom is 0.449 e. The van der Waals surface area contributed by atoms with Gasteiger partial charge in [-0.1, -0.05) is 52.1 Å². The number of carbonyl (C=O) groups is 4. The topological polar surface area (TPSA) is 500 Å². The molecule has 8 fully saturated rings. The molecule has 0 bridgehead atoms. The Hall–Kier alpha value is -8.94. The number of imidazole rings is 4. The first-order valence-electron chi connectivity index (χ1n) is 43.2. The Morgan fingerprint density at radius 3 is 0.955 bits per heavy atom. The van der Waals surface area contributed by atoms with E-state index in [1.54, 1.807) is 48.3 Å². The summed E-state index contributed by atoms with van der Waals surface area (Å²) in [5.74, 6) is -6.43. The monoisotopic (exact) mass is 1910 g/mol. The van der Waals surface area contributed by atoms with Crippen LogP contribution >= 0.6 is 11.6 Å². The van der Waals surface area contributed by atoms with Crippen LogP contribution in [0.3, 0.4) is 0 Å². The van der Waals surface area contributed by atoms with E-state index in [0.29, 0.717) is 114 Å². The number of aromatic nitrogens is 16. The maximum absolute atomic E-state index is 12.3. The van der Waals surface area contributed by atoms with Gasteiger partial charge in [0.1, 0.15) is 98.0 Å². The van der Waals surface area contributed by atoms with E-state index in [2.05, 4.69) is 101 Å². The van der Waals surface area contributed by atoms with Crippen LogP contribution in [0.25, 0.3) is 44.7 Å². The van der Waals surface area contributed by atoms with Crippen LogP contribution in [0, 0.1) is 0 Å². The molecule has 8 aliphatic heterocycles. The van der Waals surface area contributed by atoms with Crippen LogP contribution in [0.1, 0.15) is 186 Å². The number of ether oxygens (including phenoxy) is 12. The molecule has 8 aliphatic rings. The minimum Gasteiger partial charge on any atom is -0.483 e. The van der Waals surface area contributed by atoms with Crippen molar-refractivity contribution in [3.05, 3.63) is 55.8 Å². The third-order valence-corrected chi connectivity index (χ3v) is 22.2. The quantitative estimate of drug-likeness (QED) is 0.00898. The molecule has 41 nitrogen and oxygen atoms in total. The van der Waals surface area contributed by atoms with Crippen molar-refractivity contribution >= 4 is 97.5 Å². The highest BCUT2D eigenvalue weighted by Crippen LogP contribution is 2.49. The van der Waals surface area contributed by atoms with E-state index in [9.17, 15) is 69.2 Å². The molecule has 132 heavy (non-hydrogen) atoms. The lowest BCUT2D eigenvalue weighted by molar-refractivity contribution is -0.200. The number of nitrogens with two attached hydrogens (primary N) is 1. The fourth-order valence-corrected chi connectivity index (χ4v) is 16.0. The summed E-state index contributed by atoms with van der Waals surface area (Å²) in [5.41, 5.74) is 10.0. The number of hydrogen-bond acceptors (Lipinski definition) is 36. The third kappa shape index (κ3) is 26.0. The lowest BCUT2D eigenvalue weighted by Crippen LogP contribution is -2.31. The van der Waals surface area contributed by atoms with E-state index in [-0.39, 0.29) is 87.0 Å². The number of anilines is 3. The molecule has 734 valence electrons. The molecular formula is C81H115ClF9N21O20. The number of nitrogens with one attached hydrogen (secondary N) is 3. The smallest absolute Gasteiger partial charge is 0.449 e. The molecule has 16 heterocycles. The predicted molar refractivity (Wildman–Crippen MR) is 450 cm³/mol. The molecule has 51 heteroatoms. The van der Waals surface area contributed by atoms with Gasteiger partial charge in [-0.2, -0.15) is 39.5 Å². The molecule has 8 saturated heterocycles. The second-order valence-electron chi connectivity index (χ2n) is 33.1.